The summed E-state index contributed by atoms with van der Waals surface area (Å²) in [7, 11) is 1.47. The molecular formula is C54H100N2O7P+. The van der Waals surface area contributed by atoms with Gasteiger partial charge in [0.1, 0.15) is 19.3 Å². The van der Waals surface area contributed by atoms with Gasteiger partial charge in [-0.15, -0.1) is 0 Å². The zero-order valence-corrected chi connectivity index (χ0v) is 43.2. The van der Waals surface area contributed by atoms with E-state index in [-0.39, 0.29) is 31.5 Å². The molecule has 0 aromatic heterocycles. The first-order chi connectivity index (χ1) is 30.9. The molecule has 0 bridgehead atoms. The van der Waals surface area contributed by atoms with Crippen LogP contribution in [0, 0.1) is 0 Å². The molecule has 0 fully saturated rings. The van der Waals surface area contributed by atoms with Gasteiger partial charge in [-0.25, -0.2) is 4.57 Å². The number of quaternary nitrogens is 1. The van der Waals surface area contributed by atoms with Gasteiger partial charge < -0.3 is 19.4 Å². The van der Waals surface area contributed by atoms with Gasteiger partial charge >= 0.3 is 13.8 Å². The highest BCUT2D eigenvalue weighted by molar-refractivity contribution is 7.47. The highest BCUT2D eigenvalue weighted by atomic mass is 31.2. The molecule has 1 amide bonds. The fraction of sp³-hybridized carbons (Fsp3) is 0.778. The minimum absolute atomic E-state index is 0.0345. The number of nitrogens with zero attached hydrogens (tertiary/aromatic N) is 1. The monoisotopic (exact) mass is 920 g/mol. The number of hydrogen-bond acceptors (Lipinski definition) is 6. The number of rotatable bonds is 46. The van der Waals surface area contributed by atoms with E-state index in [1.165, 1.54) is 70.6 Å². The Hall–Kier alpha value is -2.29. The molecule has 0 saturated heterocycles. The Labute approximate surface area is 394 Å². The van der Waals surface area contributed by atoms with Crippen LogP contribution >= 0.6 is 7.82 Å². The SMILES string of the molecule is CC/C=C/C/C=C/C/C=C/CCCCCCCCC(=O)NC(COP(=O)(O)OCC[N+](C)(C)C)C(/C=C\CCCCCCCCCCC)OC(=O)CCCCCCC/C=C\CCCC. The zero-order valence-electron chi connectivity index (χ0n) is 42.3. The Morgan fingerprint density at radius 2 is 1.02 bits per heavy atom. The maximum atomic E-state index is 13.4. The van der Waals surface area contributed by atoms with Gasteiger partial charge in [-0.1, -0.05) is 185 Å². The van der Waals surface area contributed by atoms with Crippen molar-refractivity contribution in [1.82, 2.24) is 5.32 Å². The minimum atomic E-state index is -4.44. The van der Waals surface area contributed by atoms with Gasteiger partial charge in [-0.05, 0) is 83.1 Å². The summed E-state index contributed by atoms with van der Waals surface area (Å²) in [4.78, 5) is 37.4. The lowest BCUT2D eigenvalue weighted by molar-refractivity contribution is -0.870. The second-order valence-electron chi connectivity index (χ2n) is 18.7. The number of phosphoric ester groups is 1. The average Bonchev–Trinajstić information content (AvgIpc) is 3.25. The van der Waals surface area contributed by atoms with Gasteiger partial charge in [0.2, 0.25) is 5.91 Å². The van der Waals surface area contributed by atoms with E-state index in [9.17, 15) is 19.0 Å². The largest absolute Gasteiger partial charge is 0.472 e. The van der Waals surface area contributed by atoms with Crippen molar-refractivity contribution in [3.05, 3.63) is 60.8 Å². The van der Waals surface area contributed by atoms with Gasteiger partial charge in [0.05, 0.1) is 33.8 Å². The maximum absolute atomic E-state index is 13.4. The first-order valence-corrected chi connectivity index (χ1v) is 27.6. The van der Waals surface area contributed by atoms with Gasteiger partial charge in [0, 0.05) is 12.8 Å². The summed E-state index contributed by atoms with van der Waals surface area (Å²) < 4.78 is 30.5. The fourth-order valence-corrected chi connectivity index (χ4v) is 7.85. The van der Waals surface area contributed by atoms with Crippen LogP contribution in [0.5, 0.6) is 0 Å². The molecular weight excluding hydrogens is 820 g/mol. The molecule has 0 spiro atoms. The number of carbonyl (C=O) groups is 2. The Balaban J connectivity index is 5.42. The molecule has 3 atom stereocenters. The molecule has 0 radical (unpaired) electrons. The third kappa shape index (κ3) is 44.9. The number of likely N-dealkylation sites (N-methyl/N-ethyl adjacent to an activating group) is 1. The van der Waals surface area contributed by atoms with Crippen molar-refractivity contribution in [3.63, 3.8) is 0 Å². The fourth-order valence-electron chi connectivity index (χ4n) is 7.11. The lowest BCUT2D eigenvalue weighted by Crippen LogP contribution is -2.47. The van der Waals surface area contributed by atoms with Crippen LogP contribution < -0.4 is 5.32 Å². The van der Waals surface area contributed by atoms with Gasteiger partial charge in [0.25, 0.3) is 0 Å². The molecule has 9 nitrogen and oxygen atoms in total. The third-order valence-electron chi connectivity index (χ3n) is 11.2. The second-order valence-corrected chi connectivity index (χ2v) is 20.1. The lowest BCUT2D eigenvalue weighted by atomic mass is 10.1. The van der Waals surface area contributed by atoms with Crippen LogP contribution in [0.25, 0.3) is 0 Å². The molecule has 10 heteroatoms. The van der Waals surface area contributed by atoms with Crippen molar-refractivity contribution in [2.75, 3.05) is 40.9 Å². The van der Waals surface area contributed by atoms with Crippen LogP contribution in [0.1, 0.15) is 220 Å². The molecule has 0 aliphatic heterocycles. The molecule has 0 heterocycles. The van der Waals surface area contributed by atoms with Crippen LogP contribution in [0.15, 0.2) is 60.8 Å². The second kappa shape index (κ2) is 44.5. The Bertz CT molecular complexity index is 1290. The summed E-state index contributed by atoms with van der Waals surface area (Å²) in [5.74, 6) is -0.536. The number of esters is 1. The molecule has 0 rings (SSSR count). The number of unbranched alkanes of at least 4 members (excludes halogenated alkanes) is 22. The van der Waals surface area contributed by atoms with Crippen molar-refractivity contribution < 1.29 is 37.3 Å². The molecule has 2 N–H and O–H groups in total. The summed E-state index contributed by atoms with van der Waals surface area (Å²) in [5, 5.41) is 3.02. The van der Waals surface area contributed by atoms with E-state index in [4.69, 9.17) is 13.8 Å². The normalized spacial score (nSPS) is 14.4. The molecule has 0 aromatic carbocycles. The van der Waals surface area contributed by atoms with E-state index in [0.717, 1.165) is 116 Å². The Kier molecular flexibility index (Phi) is 42.9. The smallest absolute Gasteiger partial charge is 0.456 e. The highest BCUT2D eigenvalue weighted by Crippen LogP contribution is 2.43. The summed E-state index contributed by atoms with van der Waals surface area (Å²) in [6.07, 6.45) is 53.6. The number of amides is 1. The lowest BCUT2D eigenvalue weighted by Gasteiger charge is -2.27. The van der Waals surface area contributed by atoms with Crippen molar-refractivity contribution >= 4 is 19.7 Å². The summed E-state index contributed by atoms with van der Waals surface area (Å²) in [6, 6.07) is -0.856. The predicted octanol–water partition coefficient (Wildman–Crippen LogP) is 15.2. The van der Waals surface area contributed by atoms with Crippen LogP contribution in [0.2, 0.25) is 0 Å². The molecule has 0 aliphatic rings. The van der Waals surface area contributed by atoms with Gasteiger partial charge in [-0.2, -0.15) is 0 Å². The molecule has 0 saturated carbocycles. The number of carbonyl (C=O) groups excluding carboxylic acids is 2. The van der Waals surface area contributed by atoms with E-state index in [1.807, 2.05) is 33.3 Å². The van der Waals surface area contributed by atoms with Crippen molar-refractivity contribution in [1.29, 1.82) is 0 Å². The third-order valence-corrected chi connectivity index (χ3v) is 12.2. The molecule has 3 unspecified atom stereocenters. The van der Waals surface area contributed by atoms with Crippen LogP contribution in [0.3, 0.4) is 0 Å². The summed E-state index contributed by atoms with van der Waals surface area (Å²) >= 11 is 0. The topological polar surface area (TPSA) is 111 Å². The van der Waals surface area contributed by atoms with E-state index < -0.39 is 20.0 Å². The standard InChI is InChI=1S/C54H99N2O7P/c1-7-10-13-16-19-22-25-26-27-28-29-32-34-37-40-43-46-53(57)55-51(50-62-64(59,60)61-49-48-56(4,5)6)52(45-42-39-36-33-30-23-20-17-14-11-8-2)63-54(58)47-44-41-38-35-31-24-21-18-15-12-9-3/h10,13,18-19,21-22,26-27,42,45,51-52H,7-9,11-12,14-17,20,23-25,28-41,43-44,46-50H2,1-6H3,(H-,55,57,59,60)/p+1/b13-10+,21-18-,22-19+,27-26+,45-42-. The van der Waals surface area contributed by atoms with E-state index in [0.29, 0.717) is 17.4 Å². The van der Waals surface area contributed by atoms with E-state index >= 15 is 0 Å². The van der Waals surface area contributed by atoms with Crippen molar-refractivity contribution in [2.24, 2.45) is 0 Å². The predicted molar refractivity (Wildman–Crippen MR) is 272 cm³/mol. The highest BCUT2D eigenvalue weighted by Gasteiger charge is 2.30. The Morgan fingerprint density at radius 3 is 1.56 bits per heavy atom. The van der Waals surface area contributed by atoms with Crippen molar-refractivity contribution in [3.8, 4) is 0 Å². The first-order valence-electron chi connectivity index (χ1n) is 26.1. The summed E-state index contributed by atoms with van der Waals surface area (Å²) in [5.41, 5.74) is 0. The Morgan fingerprint density at radius 1 is 0.562 bits per heavy atom. The first kappa shape index (κ1) is 61.7. The number of phosphoric acid groups is 1. The van der Waals surface area contributed by atoms with Crippen LogP contribution in [0.4, 0.5) is 0 Å². The number of hydrogen-bond donors (Lipinski definition) is 2. The molecule has 64 heavy (non-hydrogen) atoms. The summed E-state index contributed by atoms with van der Waals surface area (Å²) in [6.45, 7) is 6.82. The zero-order chi connectivity index (χ0) is 47.3. The number of allylic oxidation sites excluding steroid dienone is 9. The minimum Gasteiger partial charge on any atom is -0.456 e. The van der Waals surface area contributed by atoms with Gasteiger partial charge in [-0.3, -0.25) is 18.6 Å². The van der Waals surface area contributed by atoms with Gasteiger partial charge in [0.15, 0.2) is 0 Å². The van der Waals surface area contributed by atoms with Crippen LogP contribution in [-0.2, 0) is 27.9 Å². The number of nitrogens with one attached hydrogen (secondary N) is 1. The van der Waals surface area contributed by atoms with E-state index in [1.54, 1.807) is 0 Å². The van der Waals surface area contributed by atoms with Crippen LogP contribution in [-0.4, -0.2) is 74.3 Å². The van der Waals surface area contributed by atoms with E-state index in [2.05, 4.69) is 74.7 Å². The maximum Gasteiger partial charge on any atom is 0.472 e. The average molecular weight is 920 g/mol. The molecule has 0 aliphatic carbocycles. The quantitative estimate of drug-likeness (QED) is 0.0206. The van der Waals surface area contributed by atoms with Crippen molar-refractivity contribution in [2.45, 2.75) is 232 Å². The molecule has 372 valence electrons. The molecule has 0 aromatic rings. The number of ether oxygens (including phenoxy) is 1.